The topological polar surface area (TPSA) is 35.2 Å². The lowest BCUT2D eigenvalue weighted by atomic mass is 9.93. The van der Waals surface area contributed by atoms with Crippen molar-refractivity contribution in [2.75, 3.05) is 6.61 Å². The molecule has 2 nitrogen and oxygen atoms in total. The number of alkyl halides is 3. The Balaban J connectivity index is 3.01. The Morgan fingerprint density at radius 3 is 2.37 bits per heavy atom. The summed E-state index contributed by atoms with van der Waals surface area (Å²) in [5, 5.41) is 0. The zero-order chi connectivity index (χ0) is 14.6. The fourth-order valence-corrected chi connectivity index (χ4v) is 2.02. The average Bonchev–Trinajstić information content (AvgIpc) is 2.34. The number of benzene rings is 1. The second-order valence-electron chi connectivity index (χ2n) is 4.81. The lowest BCUT2D eigenvalue weighted by Gasteiger charge is -2.27. The van der Waals surface area contributed by atoms with Crippen LogP contribution in [0.3, 0.4) is 0 Å². The van der Waals surface area contributed by atoms with Crippen molar-refractivity contribution < 1.29 is 17.9 Å². The van der Waals surface area contributed by atoms with E-state index < -0.39 is 17.8 Å². The fraction of sp³-hybridized carbons (Fsp3) is 0.571. The van der Waals surface area contributed by atoms with Crippen molar-refractivity contribution in [2.45, 2.75) is 39.1 Å². The molecule has 0 heterocycles. The van der Waals surface area contributed by atoms with Gasteiger partial charge in [-0.05, 0) is 30.5 Å². The Labute approximate surface area is 111 Å². The maximum Gasteiger partial charge on any atom is 0.416 e. The van der Waals surface area contributed by atoms with Crippen molar-refractivity contribution in [2.24, 2.45) is 11.7 Å². The minimum Gasteiger partial charge on any atom is -0.376 e. The van der Waals surface area contributed by atoms with Gasteiger partial charge in [-0.1, -0.05) is 26.0 Å². The summed E-state index contributed by atoms with van der Waals surface area (Å²) in [5.74, 6) is 0.129. The van der Waals surface area contributed by atoms with Gasteiger partial charge in [-0.3, -0.25) is 0 Å². The first-order valence-corrected chi connectivity index (χ1v) is 6.31. The van der Waals surface area contributed by atoms with Crippen molar-refractivity contribution in [1.82, 2.24) is 0 Å². The highest BCUT2D eigenvalue weighted by atomic mass is 19.4. The van der Waals surface area contributed by atoms with Gasteiger partial charge in [0.1, 0.15) is 0 Å². The summed E-state index contributed by atoms with van der Waals surface area (Å²) in [7, 11) is 0. The van der Waals surface area contributed by atoms with Crippen LogP contribution in [0, 0.1) is 5.92 Å². The monoisotopic (exact) mass is 275 g/mol. The van der Waals surface area contributed by atoms with Crippen molar-refractivity contribution >= 4 is 0 Å². The highest BCUT2D eigenvalue weighted by Crippen LogP contribution is 2.32. The molecule has 0 bridgehead atoms. The summed E-state index contributed by atoms with van der Waals surface area (Å²) in [6.07, 6.45) is -4.65. The molecule has 0 saturated carbocycles. The molecule has 0 saturated heterocycles. The molecule has 0 radical (unpaired) electrons. The van der Waals surface area contributed by atoms with Crippen LogP contribution in [0.25, 0.3) is 0 Å². The molecule has 1 aromatic carbocycles. The van der Waals surface area contributed by atoms with Gasteiger partial charge in [-0.15, -0.1) is 0 Å². The Bertz CT molecular complexity index is 404. The molecule has 19 heavy (non-hydrogen) atoms. The minimum atomic E-state index is -4.35. The van der Waals surface area contributed by atoms with Crippen LogP contribution in [0.1, 0.15) is 37.9 Å². The standard InChI is InChI=1S/C14H20F3NO/c1-4-19-13(9(2)3)12(18)10-6-5-7-11(8-10)14(15,16)17/h5-9,12-13H,4,18H2,1-3H3. The molecule has 0 aliphatic rings. The van der Waals surface area contributed by atoms with Gasteiger partial charge in [0, 0.05) is 6.61 Å². The molecular weight excluding hydrogens is 255 g/mol. The van der Waals surface area contributed by atoms with Crippen LogP contribution in [0.2, 0.25) is 0 Å². The molecule has 108 valence electrons. The summed E-state index contributed by atoms with van der Waals surface area (Å²) in [4.78, 5) is 0. The molecule has 0 spiro atoms. The highest BCUT2D eigenvalue weighted by Gasteiger charge is 2.32. The van der Waals surface area contributed by atoms with Crippen LogP contribution >= 0.6 is 0 Å². The van der Waals surface area contributed by atoms with Gasteiger partial charge in [0.05, 0.1) is 17.7 Å². The third-order valence-electron chi connectivity index (χ3n) is 2.97. The van der Waals surface area contributed by atoms with E-state index in [9.17, 15) is 13.2 Å². The number of hydrogen-bond acceptors (Lipinski definition) is 2. The van der Waals surface area contributed by atoms with Crippen molar-refractivity contribution in [1.29, 1.82) is 0 Å². The van der Waals surface area contributed by atoms with E-state index in [-0.39, 0.29) is 12.0 Å². The SMILES string of the molecule is CCOC(C(C)C)C(N)c1cccc(C(F)(F)F)c1. The van der Waals surface area contributed by atoms with E-state index in [1.165, 1.54) is 6.07 Å². The van der Waals surface area contributed by atoms with E-state index >= 15 is 0 Å². The lowest BCUT2D eigenvalue weighted by Crippen LogP contribution is -2.33. The number of rotatable bonds is 5. The predicted molar refractivity (Wildman–Crippen MR) is 68.6 cm³/mol. The summed E-state index contributed by atoms with van der Waals surface area (Å²) < 4.78 is 43.5. The number of halogens is 3. The number of nitrogens with two attached hydrogens (primary N) is 1. The molecule has 0 aromatic heterocycles. The molecule has 0 fully saturated rings. The largest absolute Gasteiger partial charge is 0.416 e. The molecule has 2 N–H and O–H groups in total. The Hall–Kier alpha value is -1.07. The van der Waals surface area contributed by atoms with Crippen LogP contribution in [0.4, 0.5) is 13.2 Å². The summed E-state index contributed by atoms with van der Waals surface area (Å²) in [6, 6.07) is 4.55. The first kappa shape index (κ1) is 16.0. The Kier molecular flexibility index (Phi) is 5.38. The molecule has 5 heteroatoms. The maximum atomic E-state index is 12.7. The smallest absolute Gasteiger partial charge is 0.376 e. The van der Waals surface area contributed by atoms with Crippen molar-refractivity contribution in [3.63, 3.8) is 0 Å². The first-order valence-electron chi connectivity index (χ1n) is 6.31. The van der Waals surface area contributed by atoms with Gasteiger partial charge in [0.15, 0.2) is 0 Å². The Morgan fingerprint density at radius 1 is 1.26 bits per heavy atom. The second-order valence-corrected chi connectivity index (χ2v) is 4.81. The Morgan fingerprint density at radius 2 is 1.89 bits per heavy atom. The summed E-state index contributed by atoms with van der Waals surface area (Å²) in [6.45, 7) is 6.20. The van der Waals surface area contributed by atoms with Gasteiger partial charge < -0.3 is 10.5 Å². The van der Waals surface area contributed by atoms with Gasteiger partial charge in [-0.2, -0.15) is 13.2 Å². The molecule has 2 atom stereocenters. The third kappa shape index (κ3) is 4.21. The van der Waals surface area contributed by atoms with Crippen LogP contribution in [0.15, 0.2) is 24.3 Å². The van der Waals surface area contributed by atoms with Gasteiger partial charge in [0.2, 0.25) is 0 Å². The molecule has 0 amide bonds. The van der Waals surface area contributed by atoms with E-state index in [4.69, 9.17) is 10.5 Å². The van der Waals surface area contributed by atoms with Crippen LogP contribution < -0.4 is 5.73 Å². The maximum absolute atomic E-state index is 12.7. The van der Waals surface area contributed by atoms with E-state index in [0.29, 0.717) is 12.2 Å². The van der Waals surface area contributed by atoms with E-state index in [1.807, 2.05) is 20.8 Å². The highest BCUT2D eigenvalue weighted by molar-refractivity contribution is 5.28. The van der Waals surface area contributed by atoms with Crippen LogP contribution in [-0.4, -0.2) is 12.7 Å². The van der Waals surface area contributed by atoms with Crippen LogP contribution in [-0.2, 0) is 10.9 Å². The predicted octanol–water partition coefficient (Wildman–Crippen LogP) is 3.77. The van der Waals surface area contributed by atoms with Crippen molar-refractivity contribution in [3.8, 4) is 0 Å². The van der Waals surface area contributed by atoms with Gasteiger partial charge in [0.25, 0.3) is 0 Å². The molecule has 1 aromatic rings. The zero-order valence-electron chi connectivity index (χ0n) is 11.4. The molecule has 1 rings (SSSR count). The van der Waals surface area contributed by atoms with Gasteiger partial charge >= 0.3 is 6.18 Å². The molecule has 2 unspecified atom stereocenters. The summed E-state index contributed by atoms with van der Waals surface area (Å²) >= 11 is 0. The first-order chi connectivity index (χ1) is 8.77. The van der Waals surface area contributed by atoms with E-state index in [1.54, 1.807) is 6.07 Å². The quantitative estimate of drug-likeness (QED) is 0.887. The molecule has 0 aliphatic heterocycles. The second kappa shape index (κ2) is 6.39. The summed E-state index contributed by atoms with van der Waals surface area (Å²) in [5.41, 5.74) is 5.81. The van der Waals surface area contributed by atoms with E-state index in [2.05, 4.69) is 0 Å². The normalized spacial score (nSPS) is 15.6. The van der Waals surface area contributed by atoms with Gasteiger partial charge in [-0.25, -0.2) is 0 Å². The number of ether oxygens (including phenoxy) is 1. The number of hydrogen-bond donors (Lipinski definition) is 1. The van der Waals surface area contributed by atoms with Crippen LogP contribution in [0.5, 0.6) is 0 Å². The van der Waals surface area contributed by atoms with Crippen molar-refractivity contribution in [3.05, 3.63) is 35.4 Å². The lowest BCUT2D eigenvalue weighted by molar-refractivity contribution is -0.137. The molecule has 0 aliphatic carbocycles. The zero-order valence-corrected chi connectivity index (χ0v) is 11.4. The minimum absolute atomic E-state index is 0.129. The third-order valence-corrected chi connectivity index (χ3v) is 2.97. The average molecular weight is 275 g/mol. The molecular formula is C14H20F3NO. The fourth-order valence-electron chi connectivity index (χ4n) is 2.02. The van der Waals surface area contributed by atoms with E-state index in [0.717, 1.165) is 12.1 Å².